The van der Waals surface area contributed by atoms with Crippen molar-refractivity contribution in [3.8, 4) is 0 Å². The van der Waals surface area contributed by atoms with E-state index in [4.69, 9.17) is 0 Å². The van der Waals surface area contributed by atoms with Gasteiger partial charge in [-0.05, 0) is 18.9 Å². The monoisotopic (exact) mass is 207 g/mol. The highest BCUT2D eigenvalue weighted by Crippen LogP contribution is 1.92. The van der Waals surface area contributed by atoms with Crippen molar-refractivity contribution in [3.05, 3.63) is 41.4 Å². The van der Waals surface area contributed by atoms with Gasteiger partial charge in [-0.2, -0.15) is 10.6 Å². The van der Waals surface area contributed by atoms with E-state index in [1.807, 2.05) is 23.8 Å². The first kappa shape index (κ1) is 13.3. The lowest BCUT2D eigenvalue weighted by atomic mass is 10.2. The number of nitrogens with one attached hydrogen (secondary N) is 1. The van der Waals surface area contributed by atoms with Crippen LogP contribution in [0.4, 0.5) is 0 Å². The summed E-state index contributed by atoms with van der Waals surface area (Å²) in [6.07, 6.45) is 16.6. The van der Waals surface area contributed by atoms with Crippen LogP contribution in [0.1, 0.15) is 26.2 Å². The van der Waals surface area contributed by atoms with Gasteiger partial charge in [-0.3, -0.25) is 0 Å². The number of hydrazone groups is 1. The zero-order chi connectivity index (χ0) is 11.2. The zero-order valence-electron chi connectivity index (χ0n) is 8.97. The lowest BCUT2D eigenvalue weighted by Gasteiger charge is -1.82. The topological polar surface area (TPSA) is 53.8 Å². The van der Waals surface area contributed by atoms with Crippen LogP contribution in [0.2, 0.25) is 0 Å². The Morgan fingerprint density at radius 1 is 1.13 bits per heavy atom. The SMILES string of the molecule is CCC/C=C/C\C=C/C=C/C=N\NN=O. The number of nitrogens with zero attached hydrogens (tertiary/aromatic N) is 2. The molecule has 1 N–H and O–H groups in total. The Morgan fingerprint density at radius 3 is 2.73 bits per heavy atom. The van der Waals surface area contributed by atoms with Crippen LogP contribution in [0.15, 0.2) is 46.8 Å². The van der Waals surface area contributed by atoms with Crippen LogP contribution in [0.25, 0.3) is 0 Å². The Hall–Kier alpha value is -1.71. The molecule has 0 fully saturated rings. The highest BCUT2D eigenvalue weighted by Gasteiger charge is 1.72. The van der Waals surface area contributed by atoms with Gasteiger partial charge in [-0.1, -0.05) is 43.7 Å². The average Bonchev–Trinajstić information content (AvgIpc) is 2.26. The number of unbranched alkanes of at least 4 members (excludes halogenated alkanes) is 1. The molecule has 4 nitrogen and oxygen atoms in total. The van der Waals surface area contributed by atoms with Crippen LogP contribution in [0, 0.1) is 4.91 Å². The Labute approximate surface area is 90.4 Å². The Bertz CT molecular complexity index is 255. The molecular weight excluding hydrogens is 190 g/mol. The van der Waals surface area contributed by atoms with Crippen molar-refractivity contribution in [1.29, 1.82) is 0 Å². The third-order valence-corrected chi connectivity index (χ3v) is 1.51. The lowest BCUT2D eigenvalue weighted by Crippen LogP contribution is -1.89. The van der Waals surface area contributed by atoms with Gasteiger partial charge in [0.25, 0.3) is 0 Å². The number of hydrogen-bond acceptors (Lipinski definition) is 3. The lowest BCUT2D eigenvalue weighted by molar-refractivity contribution is 0.804. The molecule has 0 aromatic carbocycles. The quantitative estimate of drug-likeness (QED) is 0.218. The van der Waals surface area contributed by atoms with Crippen LogP contribution in [-0.4, -0.2) is 6.21 Å². The van der Waals surface area contributed by atoms with E-state index in [-0.39, 0.29) is 0 Å². The molecule has 0 bridgehead atoms. The van der Waals surface area contributed by atoms with E-state index in [1.54, 1.807) is 6.08 Å². The molecule has 82 valence electrons. The molecule has 0 aliphatic carbocycles. The first-order chi connectivity index (χ1) is 7.41. The van der Waals surface area contributed by atoms with Gasteiger partial charge >= 0.3 is 0 Å². The van der Waals surface area contributed by atoms with Gasteiger partial charge in [-0.15, -0.1) is 4.91 Å². The summed E-state index contributed by atoms with van der Waals surface area (Å²) in [4.78, 5) is 9.54. The summed E-state index contributed by atoms with van der Waals surface area (Å²) in [5.74, 6) is 0. The fourth-order valence-corrected chi connectivity index (χ4v) is 0.830. The molecule has 0 amide bonds. The molecule has 0 atom stereocenters. The van der Waals surface area contributed by atoms with Crippen molar-refractivity contribution in [2.45, 2.75) is 26.2 Å². The van der Waals surface area contributed by atoms with Gasteiger partial charge in [0.1, 0.15) is 0 Å². The van der Waals surface area contributed by atoms with Crippen LogP contribution in [0.3, 0.4) is 0 Å². The normalized spacial score (nSPS) is 12.3. The summed E-state index contributed by atoms with van der Waals surface area (Å²) in [5.41, 5.74) is 1.93. The summed E-state index contributed by atoms with van der Waals surface area (Å²) in [6.45, 7) is 2.16. The highest BCUT2D eigenvalue weighted by molar-refractivity contribution is 5.71. The van der Waals surface area contributed by atoms with Crippen molar-refractivity contribution >= 4 is 6.21 Å². The van der Waals surface area contributed by atoms with E-state index in [9.17, 15) is 4.91 Å². The standard InChI is InChI=1S/C11H17N3O/c1-2-3-4-5-6-7-8-9-10-11-12-13-14-15/h4-5,7-11H,2-3,6H2,1H3,(H,13,15)/b5-4+,8-7-,10-9+,12-11-. The van der Waals surface area contributed by atoms with Crippen molar-refractivity contribution in [2.75, 3.05) is 0 Å². The molecule has 0 saturated carbocycles. The van der Waals surface area contributed by atoms with E-state index in [0.717, 1.165) is 12.8 Å². The summed E-state index contributed by atoms with van der Waals surface area (Å²) >= 11 is 0. The minimum atomic E-state index is 0.940. The first-order valence-electron chi connectivity index (χ1n) is 4.99. The molecule has 0 aliphatic heterocycles. The zero-order valence-corrected chi connectivity index (χ0v) is 8.97. The number of nitroso groups, excluding NO2 is 1. The molecule has 4 heteroatoms. The maximum Gasteiger partial charge on any atom is 0.0722 e. The third kappa shape index (κ3) is 12.3. The largest absolute Gasteiger partial charge is 0.164 e. The molecule has 0 saturated heterocycles. The highest BCUT2D eigenvalue weighted by atomic mass is 16.3. The third-order valence-electron chi connectivity index (χ3n) is 1.51. The van der Waals surface area contributed by atoms with E-state index in [2.05, 4.69) is 29.5 Å². The maximum absolute atomic E-state index is 9.54. The summed E-state index contributed by atoms with van der Waals surface area (Å²) in [6, 6.07) is 0. The molecule has 0 rings (SSSR count). The minimum absolute atomic E-state index is 0.940. The Balaban J connectivity index is 3.48. The summed E-state index contributed by atoms with van der Waals surface area (Å²) < 4.78 is 0. The van der Waals surface area contributed by atoms with E-state index in [0.29, 0.717) is 0 Å². The Morgan fingerprint density at radius 2 is 2.00 bits per heavy atom. The molecule has 0 unspecified atom stereocenters. The fraction of sp³-hybridized carbons (Fsp3) is 0.364. The van der Waals surface area contributed by atoms with E-state index in [1.165, 1.54) is 12.6 Å². The predicted octanol–water partition coefficient (Wildman–Crippen LogP) is 3.10. The molecule has 0 heterocycles. The van der Waals surface area contributed by atoms with Crippen molar-refractivity contribution in [1.82, 2.24) is 5.53 Å². The van der Waals surface area contributed by atoms with Crippen LogP contribution in [0.5, 0.6) is 0 Å². The molecule has 0 aliphatic rings. The van der Waals surface area contributed by atoms with E-state index < -0.39 is 0 Å². The van der Waals surface area contributed by atoms with Crippen molar-refractivity contribution in [3.63, 3.8) is 0 Å². The van der Waals surface area contributed by atoms with Gasteiger partial charge < -0.3 is 0 Å². The molecule has 0 aromatic rings. The smallest absolute Gasteiger partial charge is 0.0722 e. The van der Waals surface area contributed by atoms with E-state index >= 15 is 0 Å². The minimum Gasteiger partial charge on any atom is -0.164 e. The van der Waals surface area contributed by atoms with Gasteiger partial charge in [0, 0.05) is 6.21 Å². The fourth-order valence-electron chi connectivity index (χ4n) is 0.830. The summed E-state index contributed by atoms with van der Waals surface area (Å²) in [7, 11) is 0. The second-order valence-electron chi connectivity index (χ2n) is 2.78. The molecular formula is C11H17N3O. The molecule has 15 heavy (non-hydrogen) atoms. The average molecular weight is 207 g/mol. The number of hydrogen-bond donors (Lipinski definition) is 1. The Kier molecular flexibility index (Phi) is 10.9. The predicted molar refractivity (Wildman–Crippen MR) is 64.4 cm³/mol. The number of rotatable bonds is 8. The van der Waals surface area contributed by atoms with Crippen LogP contribution < -0.4 is 5.53 Å². The van der Waals surface area contributed by atoms with Gasteiger partial charge in [0.15, 0.2) is 0 Å². The second-order valence-corrected chi connectivity index (χ2v) is 2.78. The van der Waals surface area contributed by atoms with Gasteiger partial charge in [0.2, 0.25) is 0 Å². The molecule has 0 radical (unpaired) electrons. The molecule has 0 spiro atoms. The van der Waals surface area contributed by atoms with Crippen LogP contribution >= 0.6 is 0 Å². The second kappa shape index (κ2) is 12.3. The van der Waals surface area contributed by atoms with Crippen LogP contribution in [-0.2, 0) is 0 Å². The summed E-state index contributed by atoms with van der Waals surface area (Å²) in [5, 5.41) is 5.81. The molecule has 0 aromatic heterocycles. The van der Waals surface area contributed by atoms with Crippen molar-refractivity contribution in [2.24, 2.45) is 10.4 Å². The maximum atomic E-state index is 9.54. The van der Waals surface area contributed by atoms with Gasteiger partial charge in [-0.25, -0.2) is 0 Å². The van der Waals surface area contributed by atoms with Gasteiger partial charge in [0.05, 0.1) is 5.29 Å². The number of allylic oxidation sites excluding steroid dienone is 6. The van der Waals surface area contributed by atoms with Crippen molar-refractivity contribution < 1.29 is 0 Å². The first-order valence-corrected chi connectivity index (χ1v) is 4.99.